The summed E-state index contributed by atoms with van der Waals surface area (Å²) < 4.78 is 109. The molecule has 2 aromatic heterocycles. The van der Waals surface area contributed by atoms with Crippen LogP contribution in [0.2, 0.25) is 0 Å². The van der Waals surface area contributed by atoms with Gasteiger partial charge in [-0.1, -0.05) is 0 Å². The number of nitrogens with zero attached hydrogens (tertiary/aromatic N) is 2. The first-order valence-electron chi connectivity index (χ1n) is 13.8. The third kappa shape index (κ3) is 6.12. The molecular formula is C31H25F7N4O5. The number of aromatic nitrogens is 2. The molecule has 0 spiro atoms. The number of carbonyl (C=O) groups is 2. The number of fused-ring (bicyclic) bond motifs is 2. The zero-order chi connectivity index (χ0) is 34.3. The molecule has 16 heteroatoms. The van der Waals surface area contributed by atoms with Gasteiger partial charge in [0.2, 0.25) is 11.5 Å². The third-order valence-corrected chi connectivity index (χ3v) is 7.68. The van der Waals surface area contributed by atoms with E-state index in [4.69, 9.17) is 15.2 Å². The highest BCUT2D eigenvalue weighted by molar-refractivity contribution is 6.00. The van der Waals surface area contributed by atoms with E-state index in [1.165, 1.54) is 12.3 Å². The highest BCUT2D eigenvalue weighted by Gasteiger charge is 2.58. The Morgan fingerprint density at radius 1 is 1.15 bits per heavy atom. The second kappa shape index (κ2) is 12.3. The number of aliphatic hydroxyl groups is 1. The number of hydrogen-bond acceptors (Lipinski definition) is 7. The molecule has 0 aliphatic carbocycles. The Bertz CT molecular complexity index is 1860. The summed E-state index contributed by atoms with van der Waals surface area (Å²) in [7, 11) is 0. The fourth-order valence-corrected chi connectivity index (χ4v) is 5.07. The van der Waals surface area contributed by atoms with E-state index in [2.05, 4.69) is 9.97 Å². The minimum atomic E-state index is -5.54. The summed E-state index contributed by atoms with van der Waals surface area (Å²) in [6.07, 6.45) is -7.00. The van der Waals surface area contributed by atoms with Crippen LogP contribution in [0.1, 0.15) is 27.2 Å². The Labute approximate surface area is 261 Å². The average molecular weight is 667 g/mol. The van der Waals surface area contributed by atoms with Gasteiger partial charge < -0.3 is 25.6 Å². The number of rotatable bonds is 10. The molecule has 4 aromatic rings. The number of pyridine rings is 2. The van der Waals surface area contributed by atoms with E-state index < -0.39 is 78.9 Å². The zero-order valence-electron chi connectivity index (χ0n) is 24.3. The van der Waals surface area contributed by atoms with Gasteiger partial charge in [0.1, 0.15) is 53.8 Å². The maximum Gasteiger partial charge on any atom is 0.424 e. The molecule has 2 atom stereocenters. The first-order chi connectivity index (χ1) is 22.1. The lowest BCUT2D eigenvalue weighted by Gasteiger charge is -2.31. The summed E-state index contributed by atoms with van der Waals surface area (Å²) in [5, 5.41) is 13.5. The number of amides is 2. The van der Waals surface area contributed by atoms with Gasteiger partial charge >= 0.3 is 6.18 Å². The lowest BCUT2D eigenvalue weighted by Crippen LogP contribution is -2.52. The second-order valence-electron chi connectivity index (χ2n) is 10.9. The maximum atomic E-state index is 14.7. The zero-order valence-corrected chi connectivity index (χ0v) is 24.3. The standard InChI is InChI=1S/C31H25F7N4O5/c1-15-6-17-7-18(8-21(24(17)40-10-15)46-11-23(34)35)27(43)41-13-30(45,31(36,37)38)22-9-20-26(47-14-29(20,12-32)28(39)44)25(42-22)16-2-4-19(33)5-3-16/h2-10,23,45H,11-14H2,1H3,(H2,39,44)(H,41,43)/t29-,30-/m0/s1. The van der Waals surface area contributed by atoms with E-state index >= 15 is 0 Å². The number of hydrogen-bond donors (Lipinski definition) is 3. The molecule has 0 saturated heterocycles. The molecule has 1 aliphatic heterocycles. The molecule has 3 heterocycles. The molecule has 248 valence electrons. The number of ether oxygens (including phenoxy) is 2. The van der Waals surface area contributed by atoms with Crippen LogP contribution in [-0.2, 0) is 15.8 Å². The molecule has 0 bridgehead atoms. The van der Waals surface area contributed by atoms with Crippen molar-refractivity contribution in [2.24, 2.45) is 5.73 Å². The molecule has 0 saturated carbocycles. The Balaban J connectivity index is 1.58. The molecular weight excluding hydrogens is 641 g/mol. The number of aryl methyl sites for hydroxylation is 1. The normalized spacial score (nSPS) is 17.2. The monoisotopic (exact) mass is 666 g/mol. The van der Waals surface area contributed by atoms with Crippen molar-refractivity contribution in [3.05, 3.63) is 82.9 Å². The number of halogens is 7. The van der Waals surface area contributed by atoms with Gasteiger partial charge in [-0.25, -0.2) is 22.5 Å². The molecule has 0 unspecified atom stereocenters. The van der Waals surface area contributed by atoms with Crippen LogP contribution in [0.4, 0.5) is 30.7 Å². The average Bonchev–Trinajstić information content (AvgIpc) is 3.41. The first-order valence-corrected chi connectivity index (χ1v) is 13.8. The van der Waals surface area contributed by atoms with Crippen molar-refractivity contribution in [3.63, 3.8) is 0 Å². The SMILES string of the molecule is Cc1cnc2c(OCC(F)F)cc(C(=O)NC[C@](O)(c3cc4c(c(-c5ccc(F)cc5)n3)OC[C@]4(CF)C(N)=O)C(F)(F)F)cc2c1. The summed E-state index contributed by atoms with van der Waals surface area (Å²) in [6.45, 7) is -3.12. The van der Waals surface area contributed by atoms with Gasteiger partial charge in [0.25, 0.3) is 12.3 Å². The predicted molar refractivity (Wildman–Crippen MR) is 152 cm³/mol. The van der Waals surface area contributed by atoms with Crippen LogP contribution in [0.25, 0.3) is 22.2 Å². The number of nitrogens with one attached hydrogen (secondary N) is 1. The van der Waals surface area contributed by atoms with Gasteiger partial charge in [-0.05, 0) is 61.0 Å². The fourth-order valence-electron chi connectivity index (χ4n) is 5.07. The topological polar surface area (TPSA) is 137 Å². The van der Waals surface area contributed by atoms with Crippen molar-refractivity contribution in [1.82, 2.24) is 15.3 Å². The van der Waals surface area contributed by atoms with Crippen LogP contribution in [-0.4, -0.2) is 65.9 Å². The van der Waals surface area contributed by atoms with Gasteiger partial charge in [0.05, 0.1) is 12.2 Å². The fraction of sp³-hybridized carbons (Fsp3) is 0.290. The van der Waals surface area contributed by atoms with Crippen molar-refractivity contribution in [1.29, 1.82) is 0 Å². The molecule has 4 N–H and O–H groups in total. The number of carbonyl (C=O) groups excluding carboxylic acids is 2. The quantitative estimate of drug-likeness (QED) is 0.210. The summed E-state index contributed by atoms with van der Waals surface area (Å²) in [5.74, 6) is -3.68. The van der Waals surface area contributed by atoms with Gasteiger partial charge in [-0.3, -0.25) is 14.6 Å². The van der Waals surface area contributed by atoms with E-state index in [1.54, 1.807) is 13.0 Å². The molecule has 1 aliphatic rings. The van der Waals surface area contributed by atoms with Gasteiger partial charge in [0.15, 0.2) is 0 Å². The minimum Gasteiger partial charge on any atom is -0.489 e. The lowest BCUT2D eigenvalue weighted by atomic mass is 9.81. The van der Waals surface area contributed by atoms with Gasteiger partial charge in [-0.15, -0.1) is 0 Å². The summed E-state index contributed by atoms with van der Waals surface area (Å²) in [5.41, 5.74) is -2.34. The van der Waals surface area contributed by atoms with Crippen molar-refractivity contribution in [2.75, 3.05) is 26.4 Å². The van der Waals surface area contributed by atoms with Crippen LogP contribution < -0.4 is 20.5 Å². The summed E-state index contributed by atoms with van der Waals surface area (Å²) in [4.78, 5) is 33.7. The van der Waals surface area contributed by atoms with Crippen LogP contribution >= 0.6 is 0 Å². The van der Waals surface area contributed by atoms with Crippen molar-refractivity contribution in [2.45, 2.75) is 30.5 Å². The third-order valence-electron chi connectivity index (χ3n) is 7.68. The largest absolute Gasteiger partial charge is 0.489 e. The molecule has 0 fully saturated rings. The second-order valence-corrected chi connectivity index (χ2v) is 10.9. The molecule has 0 radical (unpaired) electrons. The number of primary amides is 1. The van der Waals surface area contributed by atoms with E-state index in [0.29, 0.717) is 11.6 Å². The Morgan fingerprint density at radius 3 is 2.47 bits per heavy atom. The molecule has 2 aromatic carbocycles. The van der Waals surface area contributed by atoms with E-state index in [1.807, 2.05) is 5.32 Å². The van der Waals surface area contributed by atoms with Crippen LogP contribution in [0, 0.1) is 12.7 Å². The van der Waals surface area contributed by atoms with Crippen LogP contribution in [0.15, 0.2) is 54.7 Å². The van der Waals surface area contributed by atoms with E-state index in [-0.39, 0.29) is 39.2 Å². The van der Waals surface area contributed by atoms with Gasteiger partial charge in [0, 0.05) is 28.3 Å². The minimum absolute atomic E-state index is 0.00594. The predicted octanol–water partition coefficient (Wildman–Crippen LogP) is 4.65. The van der Waals surface area contributed by atoms with E-state index in [0.717, 1.165) is 30.3 Å². The van der Waals surface area contributed by atoms with Gasteiger partial charge in [-0.2, -0.15) is 13.2 Å². The number of benzene rings is 2. The van der Waals surface area contributed by atoms with Crippen molar-refractivity contribution < 1.29 is 54.9 Å². The first kappa shape index (κ1) is 33.4. The highest BCUT2D eigenvalue weighted by atomic mass is 19.4. The Hall–Kier alpha value is -4.99. The number of nitrogens with two attached hydrogens (primary N) is 1. The van der Waals surface area contributed by atoms with Crippen LogP contribution in [0.3, 0.4) is 0 Å². The Kier molecular flexibility index (Phi) is 8.75. The molecule has 2 amide bonds. The molecule has 47 heavy (non-hydrogen) atoms. The van der Waals surface area contributed by atoms with Crippen molar-refractivity contribution >= 4 is 22.7 Å². The van der Waals surface area contributed by atoms with E-state index in [9.17, 15) is 45.4 Å². The maximum absolute atomic E-state index is 14.7. The Morgan fingerprint density at radius 2 is 1.85 bits per heavy atom. The molecule has 5 rings (SSSR count). The summed E-state index contributed by atoms with van der Waals surface area (Å²) in [6, 6.07) is 8.65. The van der Waals surface area contributed by atoms with Crippen LogP contribution in [0.5, 0.6) is 11.5 Å². The highest BCUT2D eigenvalue weighted by Crippen LogP contribution is 2.48. The molecule has 9 nitrogen and oxygen atoms in total. The van der Waals surface area contributed by atoms with Crippen molar-refractivity contribution in [3.8, 4) is 22.8 Å². The lowest BCUT2D eigenvalue weighted by molar-refractivity contribution is -0.265. The smallest absolute Gasteiger partial charge is 0.424 e. The number of alkyl halides is 6. The summed E-state index contributed by atoms with van der Waals surface area (Å²) >= 11 is 0.